The molecule has 0 aliphatic heterocycles. The number of para-hydroxylation sites is 1. The molecule has 1 aromatic heterocycles. The van der Waals surface area contributed by atoms with E-state index in [0.29, 0.717) is 0 Å². The number of hydrogen-bond acceptors (Lipinski definition) is 3. The van der Waals surface area contributed by atoms with Gasteiger partial charge in [-0.3, -0.25) is 9.98 Å². The molecule has 102 valence electrons. The number of pyridine rings is 1. The van der Waals surface area contributed by atoms with Crippen molar-refractivity contribution in [2.75, 3.05) is 0 Å². The van der Waals surface area contributed by atoms with Crippen LogP contribution in [0.2, 0.25) is 0 Å². The van der Waals surface area contributed by atoms with Crippen LogP contribution in [0.4, 0.5) is 5.69 Å². The summed E-state index contributed by atoms with van der Waals surface area (Å²) in [6.45, 7) is 0. The lowest BCUT2D eigenvalue weighted by atomic mass is 10.3. The summed E-state index contributed by atoms with van der Waals surface area (Å²) in [5.74, 6) is 1.58. The normalized spacial score (nSPS) is 10.7. The molecule has 3 aromatic rings. The smallest absolute Gasteiger partial charge is 0.129 e. The van der Waals surface area contributed by atoms with E-state index in [2.05, 4.69) is 9.98 Å². The van der Waals surface area contributed by atoms with Crippen LogP contribution < -0.4 is 4.74 Å². The predicted molar refractivity (Wildman–Crippen MR) is 84.4 cm³/mol. The molecule has 0 atom stereocenters. The van der Waals surface area contributed by atoms with Gasteiger partial charge in [-0.15, -0.1) is 0 Å². The van der Waals surface area contributed by atoms with Crippen molar-refractivity contribution in [1.29, 1.82) is 0 Å². The van der Waals surface area contributed by atoms with Crippen molar-refractivity contribution < 1.29 is 4.74 Å². The average Bonchev–Trinajstić information content (AvgIpc) is 2.55. The first kappa shape index (κ1) is 13.1. The molecule has 0 fully saturated rings. The van der Waals surface area contributed by atoms with Crippen molar-refractivity contribution in [1.82, 2.24) is 4.98 Å². The summed E-state index contributed by atoms with van der Waals surface area (Å²) in [7, 11) is 0. The maximum absolute atomic E-state index is 5.78. The van der Waals surface area contributed by atoms with E-state index in [0.717, 1.165) is 22.7 Å². The van der Waals surface area contributed by atoms with E-state index in [1.807, 2.05) is 66.7 Å². The van der Waals surface area contributed by atoms with Crippen LogP contribution in [0.5, 0.6) is 11.5 Å². The summed E-state index contributed by atoms with van der Waals surface area (Å²) < 4.78 is 5.78. The van der Waals surface area contributed by atoms with Gasteiger partial charge in [-0.2, -0.15) is 0 Å². The van der Waals surface area contributed by atoms with Gasteiger partial charge in [-0.25, -0.2) is 0 Å². The van der Waals surface area contributed by atoms with E-state index >= 15 is 0 Å². The van der Waals surface area contributed by atoms with Gasteiger partial charge in [0.2, 0.25) is 0 Å². The van der Waals surface area contributed by atoms with Crippen LogP contribution in [0, 0.1) is 0 Å². The second-order valence-electron chi connectivity index (χ2n) is 4.46. The summed E-state index contributed by atoms with van der Waals surface area (Å²) >= 11 is 0. The maximum atomic E-state index is 5.78. The van der Waals surface area contributed by atoms with Crippen molar-refractivity contribution in [3.8, 4) is 11.5 Å². The van der Waals surface area contributed by atoms with Gasteiger partial charge in [0.15, 0.2) is 0 Å². The third kappa shape index (κ3) is 3.76. The summed E-state index contributed by atoms with van der Waals surface area (Å²) in [5.41, 5.74) is 1.80. The second kappa shape index (κ2) is 6.48. The number of rotatable bonds is 4. The third-order valence-corrected chi connectivity index (χ3v) is 2.84. The fourth-order valence-corrected chi connectivity index (χ4v) is 1.85. The summed E-state index contributed by atoms with van der Waals surface area (Å²) in [6.07, 6.45) is 5.30. The van der Waals surface area contributed by atoms with Crippen molar-refractivity contribution in [2.24, 2.45) is 4.99 Å². The Morgan fingerprint density at radius 3 is 2.52 bits per heavy atom. The predicted octanol–water partition coefficient (Wildman–Crippen LogP) is 4.62. The lowest BCUT2D eigenvalue weighted by Gasteiger charge is -2.05. The third-order valence-electron chi connectivity index (χ3n) is 2.84. The van der Waals surface area contributed by atoms with E-state index in [9.17, 15) is 0 Å². The number of aliphatic imine (C=N–C) groups is 1. The SMILES string of the molecule is C(=Nc1cccc(Oc2ccccc2)c1)c1cccnc1. The Hall–Kier alpha value is -2.94. The fraction of sp³-hybridized carbons (Fsp3) is 0. The quantitative estimate of drug-likeness (QED) is 0.650. The summed E-state index contributed by atoms with van der Waals surface area (Å²) in [5, 5.41) is 0. The molecule has 3 nitrogen and oxygen atoms in total. The number of hydrogen-bond donors (Lipinski definition) is 0. The van der Waals surface area contributed by atoms with E-state index in [-0.39, 0.29) is 0 Å². The van der Waals surface area contributed by atoms with Crippen molar-refractivity contribution in [2.45, 2.75) is 0 Å². The van der Waals surface area contributed by atoms with Crippen LogP contribution >= 0.6 is 0 Å². The molecule has 21 heavy (non-hydrogen) atoms. The van der Waals surface area contributed by atoms with Crippen LogP contribution in [0.3, 0.4) is 0 Å². The Kier molecular flexibility index (Phi) is 4.03. The molecule has 0 aliphatic carbocycles. The molecule has 0 unspecified atom stereocenters. The van der Waals surface area contributed by atoms with Crippen molar-refractivity contribution in [3.05, 3.63) is 84.7 Å². The molecule has 0 radical (unpaired) electrons. The Balaban J connectivity index is 1.76. The zero-order chi connectivity index (χ0) is 14.3. The van der Waals surface area contributed by atoms with Gasteiger partial charge in [0, 0.05) is 30.2 Å². The van der Waals surface area contributed by atoms with Crippen LogP contribution in [-0.2, 0) is 0 Å². The Morgan fingerprint density at radius 2 is 1.71 bits per heavy atom. The molecule has 0 N–H and O–H groups in total. The van der Waals surface area contributed by atoms with Gasteiger partial charge < -0.3 is 4.74 Å². The summed E-state index contributed by atoms with van der Waals surface area (Å²) in [6, 6.07) is 21.2. The molecule has 0 spiro atoms. The maximum Gasteiger partial charge on any atom is 0.129 e. The lowest BCUT2D eigenvalue weighted by molar-refractivity contribution is 0.483. The van der Waals surface area contributed by atoms with Gasteiger partial charge in [0.05, 0.1) is 5.69 Å². The van der Waals surface area contributed by atoms with E-state index in [1.54, 1.807) is 18.6 Å². The fourth-order valence-electron chi connectivity index (χ4n) is 1.85. The zero-order valence-corrected chi connectivity index (χ0v) is 11.4. The molecule has 3 heteroatoms. The molecular weight excluding hydrogens is 260 g/mol. The number of aromatic nitrogens is 1. The lowest BCUT2D eigenvalue weighted by Crippen LogP contribution is -1.83. The first-order chi connectivity index (χ1) is 10.4. The first-order valence-electron chi connectivity index (χ1n) is 6.67. The molecule has 0 saturated carbocycles. The molecule has 2 aromatic carbocycles. The van der Waals surface area contributed by atoms with Crippen LogP contribution in [0.25, 0.3) is 0 Å². The van der Waals surface area contributed by atoms with Gasteiger partial charge in [-0.1, -0.05) is 30.3 Å². The number of ether oxygens (including phenoxy) is 1. The topological polar surface area (TPSA) is 34.5 Å². The van der Waals surface area contributed by atoms with E-state index in [4.69, 9.17) is 4.74 Å². The molecule has 3 rings (SSSR count). The van der Waals surface area contributed by atoms with E-state index < -0.39 is 0 Å². The zero-order valence-electron chi connectivity index (χ0n) is 11.4. The van der Waals surface area contributed by atoms with Crippen LogP contribution in [0.15, 0.2) is 84.1 Å². The number of benzene rings is 2. The van der Waals surface area contributed by atoms with E-state index in [1.165, 1.54) is 0 Å². The monoisotopic (exact) mass is 274 g/mol. The minimum absolute atomic E-state index is 0.766. The molecule has 0 saturated heterocycles. The average molecular weight is 274 g/mol. The largest absolute Gasteiger partial charge is 0.457 e. The molecular formula is C18H14N2O. The highest BCUT2D eigenvalue weighted by molar-refractivity contribution is 5.81. The van der Waals surface area contributed by atoms with Crippen LogP contribution in [-0.4, -0.2) is 11.2 Å². The minimum atomic E-state index is 0.766. The first-order valence-corrected chi connectivity index (χ1v) is 6.67. The van der Waals surface area contributed by atoms with Gasteiger partial charge in [0.25, 0.3) is 0 Å². The van der Waals surface area contributed by atoms with Gasteiger partial charge >= 0.3 is 0 Å². The van der Waals surface area contributed by atoms with Crippen molar-refractivity contribution in [3.63, 3.8) is 0 Å². The van der Waals surface area contributed by atoms with Gasteiger partial charge in [-0.05, 0) is 30.3 Å². The highest BCUT2D eigenvalue weighted by Gasteiger charge is 1.97. The second-order valence-corrected chi connectivity index (χ2v) is 4.46. The van der Waals surface area contributed by atoms with Crippen molar-refractivity contribution >= 4 is 11.9 Å². The Bertz CT molecular complexity index is 724. The molecule has 0 aliphatic rings. The number of nitrogens with zero attached hydrogens (tertiary/aromatic N) is 2. The highest BCUT2D eigenvalue weighted by Crippen LogP contribution is 2.25. The Morgan fingerprint density at radius 1 is 0.857 bits per heavy atom. The molecule has 0 amide bonds. The minimum Gasteiger partial charge on any atom is -0.457 e. The molecule has 1 heterocycles. The molecule has 0 bridgehead atoms. The standard InChI is InChI=1S/C18H14N2O/c1-2-8-17(9-3-1)21-18-10-4-7-16(12-18)20-14-15-6-5-11-19-13-15/h1-14H. The summed E-state index contributed by atoms with van der Waals surface area (Å²) in [4.78, 5) is 8.49. The highest BCUT2D eigenvalue weighted by atomic mass is 16.5. The van der Waals surface area contributed by atoms with Gasteiger partial charge in [0.1, 0.15) is 11.5 Å². The Labute approximate surface area is 123 Å². The van der Waals surface area contributed by atoms with Crippen LogP contribution in [0.1, 0.15) is 5.56 Å².